The van der Waals surface area contributed by atoms with E-state index in [1.54, 1.807) is 0 Å². The van der Waals surface area contributed by atoms with Crippen LogP contribution in [0.25, 0.3) is 0 Å². The zero-order valence-electron chi connectivity index (χ0n) is 8.25. The SMILES string of the molecule is NC(C(=O)O)c1ccc(O)c(CC(=O)O)c1. The summed E-state index contributed by atoms with van der Waals surface area (Å²) >= 11 is 0. The minimum Gasteiger partial charge on any atom is -0.508 e. The largest absolute Gasteiger partial charge is 0.508 e. The summed E-state index contributed by atoms with van der Waals surface area (Å²) in [6.07, 6.45) is -0.383. The lowest BCUT2D eigenvalue weighted by Crippen LogP contribution is -2.20. The van der Waals surface area contributed by atoms with Gasteiger partial charge in [-0.25, -0.2) is 0 Å². The first-order valence-corrected chi connectivity index (χ1v) is 4.43. The maximum Gasteiger partial charge on any atom is 0.325 e. The third-order valence-electron chi connectivity index (χ3n) is 2.07. The number of rotatable bonds is 4. The monoisotopic (exact) mass is 225 g/mol. The lowest BCUT2D eigenvalue weighted by atomic mass is 10.0. The van der Waals surface area contributed by atoms with Crippen molar-refractivity contribution in [2.24, 2.45) is 5.73 Å². The summed E-state index contributed by atoms with van der Waals surface area (Å²) in [6, 6.07) is 2.63. The highest BCUT2D eigenvalue weighted by Gasteiger charge is 2.16. The summed E-state index contributed by atoms with van der Waals surface area (Å²) in [5, 5.41) is 26.6. The normalized spacial score (nSPS) is 12.1. The number of hydrogen-bond acceptors (Lipinski definition) is 4. The molecular weight excluding hydrogens is 214 g/mol. The summed E-state index contributed by atoms with van der Waals surface area (Å²) in [5.41, 5.74) is 5.75. The third-order valence-corrected chi connectivity index (χ3v) is 2.07. The topological polar surface area (TPSA) is 121 Å². The molecule has 1 atom stereocenters. The van der Waals surface area contributed by atoms with Crippen molar-refractivity contribution in [1.82, 2.24) is 0 Å². The molecule has 0 aromatic heterocycles. The molecule has 0 heterocycles. The van der Waals surface area contributed by atoms with Gasteiger partial charge >= 0.3 is 11.9 Å². The molecule has 0 aliphatic heterocycles. The summed E-state index contributed by atoms with van der Waals surface area (Å²) < 4.78 is 0. The van der Waals surface area contributed by atoms with E-state index in [1.807, 2.05) is 0 Å². The van der Waals surface area contributed by atoms with E-state index in [4.69, 9.17) is 15.9 Å². The van der Waals surface area contributed by atoms with E-state index in [0.29, 0.717) is 0 Å². The molecule has 86 valence electrons. The molecule has 0 saturated heterocycles. The van der Waals surface area contributed by atoms with Gasteiger partial charge in [-0.3, -0.25) is 9.59 Å². The Morgan fingerprint density at radius 3 is 2.44 bits per heavy atom. The molecule has 0 saturated carbocycles. The highest BCUT2D eigenvalue weighted by atomic mass is 16.4. The predicted octanol–water partition coefficient (Wildman–Crippen LogP) is 0.104. The number of carbonyl (C=O) groups is 2. The average molecular weight is 225 g/mol. The molecular formula is C10H11NO5. The van der Waals surface area contributed by atoms with Crippen molar-refractivity contribution in [2.75, 3.05) is 0 Å². The first-order valence-electron chi connectivity index (χ1n) is 4.43. The summed E-state index contributed by atoms with van der Waals surface area (Å²) in [7, 11) is 0. The van der Waals surface area contributed by atoms with Gasteiger partial charge in [-0.2, -0.15) is 0 Å². The van der Waals surface area contributed by atoms with E-state index in [2.05, 4.69) is 0 Å². The van der Waals surface area contributed by atoms with Crippen LogP contribution >= 0.6 is 0 Å². The Morgan fingerprint density at radius 2 is 1.94 bits per heavy atom. The fraction of sp³-hybridized carbons (Fsp3) is 0.200. The minimum absolute atomic E-state index is 0.140. The standard InChI is InChI=1S/C10H11NO5/c11-9(10(15)16)5-1-2-7(12)6(3-5)4-8(13)14/h1-3,9,12H,4,11H2,(H,13,14)(H,15,16). The molecule has 0 fully saturated rings. The van der Waals surface area contributed by atoms with Crippen molar-refractivity contribution in [2.45, 2.75) is 12.5 Å². The van der Waals surface area contributed by atoms with Gasteiger partial charge in [-0.05, 0) is 17.7 Å². The number of hydrogen-bond donors (Lipinski definition) is 4. The molecule has 0 aliphatic rings. The number of phenolic OH excluding ortho intramolecular Hbond substituents is 1. The van der Waals surface area contributed by atoms with Gasteiger partial charge in [0.15, 0.2) is 0 Å². The van der Waals surface area contributed by atoms with Crippen LogP contribution in [0.15, 0.2) is 18.2 Å². The number of carboxylic acids is 2. The Labute approximate surface area is 90.9 Å². The zero-order chi connectivity index (χ0) is 12.3. The summed E-state index contributed by atoms with van der Waals surface area (Å²) in [6.45, 7) is 0. The van der Waals surface area contributed by atoms with Gasteiger partial charge in [-0.15, -0.1) is 0 Å². The Balaban J connectivity index is 3.06. The third kappa shape index (κ3) is 2.71. The number of aliphatic carboxylic acids is 2. The molecule has 0 amide bonds. The van der Waals surface area contributed by atoms with Gasteiger partial charge in [0.1, 0.15) is 11.8 Å². The Bertz CT molecular complexity index is 429. The Hall–Kier alpha value is -2.08. The fourth-order valence-corrected chi connectivity index (χ4v) is 1.25. The lowest BCUT2D eigenvalue weighted by Gasteiger charge is -2.09. The van der Waals surface area contributed by atoms with Crippen molar-refractivity contribution >= 4 is 11.9 Å². The molecule has 0 spiro atoms. The second-order valence-corrected chi connectivity index (χ2v) is 3.27. The van der Waals surface area contributed by atoms with Gasteiger partial charge in [0.2, 0.25) is 0 Å². The van der Waals surface area contributed by atoms with E-state index in [-0.39, 0.29) is 23.3 Å². The quantitative estimate of drug-likeness (QED) is 0.576. The molecule has 6 heteroatoms. The number of aromatic hydroxyl groups is 1. The number of phenols is 1. The van der Waals surface area contributed by atoms with Gasteiger partial charge in [0, 0.05) is 5.56 Å². The fourth-order valence-electron chi connectivity index (χ4n) is 1.25. The molecule has 1 rings (SSSR count). The maximum atomic E-state index is 10.6. The van der Waals surface area contributed by atoms with Crippen LogP contribution in [0.4, 0.5) is 0 Å². The second kappa shape index (κ2) is 4.63. The molecule has 0 aliphatic carbocycles. The first kappa shape index (κ1) is 12.0. The van der Waals surface area contributed by atoms with E-state index in [0.717, 1.165) is 0 Å². The van der Waals surface area contributed by atoms with E-state index < -0.39 is 18.0 Å². The summed E-state index contributed by atoms with van der Waals surface area (Å²) in [5.74, 6) is -2.52. The molecule has 0 bridgehead atoms. The molecule has 16 heavy (non-hydrogen) atoms. The first-order chi connectivity index (χ1) is 7.41. The molecule has 1 aromatic rings. The van der Waals surface area contributed by atoms with Crippen molar-refractivity contribution in [3.05, 3.63) is 29.3 Å². The number of nitrogens with two attached hydrogens (primary N) is 1. The van der Waals surface area contributed by atoms with Crippen LogP contribution in [0.2, 0.25) is 0 Å². The van der Waals surface area contributed by atoms with Crippen molar-refractivity contribution in [1.29, 1.82) is 0 Å². The summed E-state index contributed by atoms with van der Waals surface area (Å²) in [4.78, 5) is 21.1. The molecule has 6 nitrogen and oxygen atoms in total. The van der Waals surface area contributed by atoms with Crippen LogP contribution in [0.5, 0.6) is 5.75 Å². The van der Waals surface area contributed by atoms with Gasteiger partial charge in [0.05, 0.1) is 6.42 Å². The van der Waals surface area contributed by atoms with E-state index in [1.165, 1.54) is 18.2 Å². The van der Waals surface area contributed by atoms with Gasteiger partial charge in [0.25, 0.3) is 0 Å². The minimum atomic E-state index is -1.23. The van der Waals surface area contributed by atoms with Crippen LogP contribution in [-0.4, -0.2) is 27.3 Å². The molecule has 1 unspecified atom stereocenters. The Kier molecular flexibility index (Phi) is 3.47. The highest BCUT2D eigenvalue weighted by Crippen LogP contribution is 2.22. The zero-order valence-corrected chi connectivity index (χ0v) is 8.25. The van der Waals surface area contributed by atoms with Crippen molar-refractivity contribution in [3.8, 4) is 5.75 Å². The molecule has 5 N–H and O–H groups in total. The average Bonchev–Trinajstić information content (AvgIpc) is 2.19. The lowest BCUT2D eigenvalue weighted by molar-refractivity contribution is -0.138. The van der Waals surface area contributed by atoms with E-state index in [9.17, 15) is 14.7 Å². The molecule has 1 aromatic carbocycles. The number of benzene rings is 1. The van der Waals surface area contributed by atoms with Gasteiger partial charge in [-0.1, -0.05) is 6.07 Å². The van der Waals surface area contributed by atoms with Crippen LogP contribution in [0, 0.1) is 0 Å². The van der Waals surface area contributed by atoms with Gasteiger partial charge < -0.3 is 21.1 Å². The van der Waals surface area contributed by atoms with Crippen LogP contribution < -0.4 is 5.73 Å². The highest BCUT2D eigenvalue weighted by molar-refractivity contribution is 5.76. The number of carboxylic acid groups (broad SMARTS) is 2. The van der Waals surface area contributed by atoms with Crippen LogP contribution in [0.3, 0.4) is 0 Å². The predicted molar refractivity (Wildman–Crippen MR) is 54.0 cm³/mol. The van der Waals surface area contributed by atoms with Crippen molar-refractivity contribution < 1.29 is 24.9 Å². The van der Waals surface area contributed by atoms with Crippen molar-refractivity contribution in [3.63, 3.8) is 0 Å². The Morgan fingerprint density at radius 1 is 1.31 bits per heavy atom. The van der Waals surface area contributed by atoms with E-state index >= 15 is 0 Å². The second-order valence-electron chi connectivity index (χ2n) is 3.27. The molecule has 0 radical (unpaired) electrons. The maximum absolute atomic E-state index is 10.6. The van der Waals surface area contributed by atoms with Crippen LogP contribution in [-0.2, 0) is 16.0 Å². The smallest absolute Gasteiger partial charge is 0.325 e. The van der Waals surface area contributed by atoms with Crippen LogP contribution in [0.1, 0.15) is 17.2 Å².